The number of amides is 1. The van der Waals surface area contributed by atoms with Crippen LogP contribution in [0.15, 0.2) is 22.9 Å². The molecule has 0 atom stereocenters. The van der Waals surface area contributed by atoms with Crippen LogP contribution in [-0.4, -0.2) is 65.3 Å². The van der Waals surface area contributed by atoms with Crippen LogP contribution in [0.25, 0.3) is 11.5 Å². The maximum absolute atomic E-state index is 12.2. The van der Waals surface area contributed by atoms with Crippen LogP contribution in [0.1, 0.15) is 37.4 Å². The van der Waals surface area contributed by atoms with Crippen LogP contribution >= 0.6 is 0 Å². The predicted octanol–water partition coefficient (Wildman–Crippen LogP) is 2.08. The maximum Gasteiger partial charge on any atom is 0.259 e. The highest BCUT2D eigenvalue weighted by Gasteiger charge is 2.35. The number of ether oxygens (including phenoxy) is 1. The first-order chi connectivity index (χ1) is 13.7. The second kappa shape index (κ2) is 7.16. The van der Waals surface area contributed by atoms with Crippen molar-refractivity contribution in [2.45, 2.75) is 37.6 Å². The molecule has 3 aliphatic rings. The number of nitrogens with zero attached hydrogens (tertiary/aromatic N) is 5. The molecule has 0 aromatic carbocycles. The minimum absolute atomic E-state index is 0.248. The topological polar surface area (TPSA) is 84.6 Å². The van der Waals surface area contributed by atoms with Gasteiger partial charge in [-0.15, -0.1) is 0 Å². The molecule has 148 valence electrons. The van der Waals surface area contributed by atoms with E-state index >= 15 is 0 Å². The molecule has 0 radical (unpaired) electrons. The molecule has 1 aliphatic carbocycles. The number of carbonyl (C=O) groups excluding carboxylic acids is 1. The van der Waals surface area contributed by atoms with Crippen LogP contribution in [0, 0.1) is 5.92 Å². The van der Waals surface area contributed by atoms with Crippen molar-refractivity contribution in [1.29, 1.82) is 0 Å². The first kappa shape index (κ1) is 17.6. The van der Waals surface area contributed by atoms with Crippen LogP contribution in [0.3, 0.4) is 0 Å². The summed E-state index contributed by atoms with van der Waals surface area (Å²) in [6.07, 6.45) is 5.68. The predicted molar refractivity (Wildman–Crippen MR) is 102 cm³/mol. The molecule has 2 aromatic rings. The van der Waals surface area contributed by atoms with Crippen molar-refractivity contribution in [2.24, 2.45) is 5.92 Å². The van der Waals surface area contributed by atoms with Gasteiger partial charge in [-0.25, -0.2) is 4.98 Å². The van der Waals surface area contributed by atoms with Gasteiger partial charge in [0.25, 0.3) is 5.89 Å². The molecule has 0 unspecified atom stereocenters. The van der Waals surface area contributed by atoms with E-state index in [9.17, 15) is 4.79 Å². The van der Waals surface area contributed by atoms with Crippen LogP contribution in [0.5, 0.6) is 0 Å². The second-order valence-electron chi connectivity index (χ2n) is 8.04. The quantitative estimate of drug-likeness (QED) is 0.781. The van der Waals surface area contributed by atoms with E-state index in [0.717, 1.165) is 69.2 Å². The number of hydrogen-bond acceptors (Lipinski definition) is 7. The number of rotatable bonds is 5. The van der Waals surface area contributed by atoms with Crippen LogP contribution in [-0.2, 0) is 9.53 Å². The fourth-order valence-corrected chi connectivity index (χ4v) is 3.82. The number of aromatic nitrogens is 3. The summed E-state index contributed by atoms with van der Waals surface area (Å²) in [7, 11) is 2.03. The fourth-order valence-electron chi connectivity index (χ4n) is 3.82. The average molecular weight is 383 g/mol. The Morgan fingerprint density at radius 1 is 1.18 bits per heavy atom. The Kier molecular flexibility index (Phi) is 4.50. The zero-order valence-electron chi connectivity index (χ0n) is 16.1. The summed E-state index contributed by atoms with van der Waals surface area (Å²) in [4.78, 5) is 25.5. The lowest BCUT2D eigenvalue weighted by molar-refractivity contribution is -0.133. The fraction of sp³-hybridized carbons (Fsp3) is 0.600. The SMILES string of the molecule is CN(c1ccc(-c2nc(C3CCN(C(=O)C4CC4)CC3)no2)cn1)C1COC1. The van der Waals surface area contributed by atoms with E-state index in [-0.39, 0.29) is 5.92 Å². The standard InChI is InChI=1S/C20H25N5O3/c1-24(16-11-27-12-16)17-5-4-15(10-21-17)19-22-18(23-28-19)13-6-8-25(9-7-13)20(26)14-2-3-14/h4-5,10,13-14,16H,2-3,6-9,11-12H2,1H3. The highest BCUT2D eigenvalue weighted by molar-refractivity contribution is 5.81. The molecule has 1 amide bonds. The van der Waals surface area contributed by atoms with E-state index in [1.807, 2.05) is 24.1 Å². The average Bonchev–Trinajstić information content (AvgIpc) is 3.43. The number of hydrogen-bond donors (Lipinski definition) is 0. The molecule has 0 N–H and O–H groups in total. The summed E-state index contributed by atoms with van der Waals surface area (Å²) < 4.78 is 10.7. The Labute approximate surface area is 163 Å². The van der Waals surface area contributed by atoms with E-state index in [0.29, 0.717) is 23.8 Å². The van der Waals surface area contributed by atoms with Crippen molar-refractivity contribution in [3.63, 3.8) is 0 Å². The summed E-state index contributed by atoms with van der Waals surface area (Å²) >= 11 is 0. The van der Waals surface area contributed by atoms with Gasteiger partial charge in [-0.3, -0.25) is 4.79 Å². The number of pyridine rings is 1. The van der Waals surface area contributed by atoms with Gasteiger partial charge in [0.05, 0.1) is 24.8 Å². The molecule has 0 bridgehead atoms. The molecular formula is C20H25N5O3. The van der Waals surface area contributed by atoms with Crippen molar-refractivity contribution in [3.05, 3.63) is 24.2 Å². The van der Waals surface area contributed by atoms with Gasteiger partial charge in [-0.05, 0) is 37.8 Å². The molecule has 2 saturated heterocycles. The van der Waals surface area contributed by atoms with Crippen molar-refractivity contribution in [2.75, 3.05) is 38.3 Å². The van der Waals surface area contributed by atoms with Gasteiger partial charge < -0.3 is 19.1 Å². The Bertz CT molecular complexity index is 836. The zero-order valence-corrected chi connectivity index (χ0v) is 16.1. The second-order valence-corrected chi connectivity index (χ2v) is 8.04. The number of likely N-dealkylation sites (tertiary alicyclic amines) is 1. The third-order valence-electron chi connectivity index (χ3n) is 6.06. The van der Waals surface area contributed by atoms with Gasteiger partial charge in [0.1, 0.15) is 5.82 Å². The molecule has 0 spiro atoms. The highest BCUT2D eigenvalue weighted by Crippen LogP contribution is 2.34. The summed E-state index contributed by atoms with van der Waals surface area (Å²) in [5, 5.41) is 4.20. The van der Waals surface area contributed by atoms with Crippen LogP contribution in [0.4, 0.5) is 5.82 Å². The molecule has 8 nitrogen and oxygen atoms in total. The lowest BCUT2D eigenvalue weighted by atomic mass is 9.96. The molecule has 1 saturated carbocycles. The molecule has 8 heteroatoms. The van der Waals surface area contributed by atoms with Gasteiger partial charge in [-0.1, -0.05) is 5.16 Å². The molecular weight excluding hydrogens is 358 g/mol. The summed E-state index contributed by atoms with van der Waals surface area (Å²) in [6, 6.07) is 4.33. The number of anilines is 1. The van der Waals surface area contributed by atoms with Gasteiger partial charge in [0, 0.05) is 38.2 Å². The Morgan fingerprint density at radius 3 is 2.57 bits per heavy atom. The van der Waals surface area contributed by atoms with Gasteiger partial charge in [-0.2, -0.15) is 4.98 Å². The van der Waals surface area contributed by atoms with Crippen molar-refractivity contribution in [1.82, 2.24) is 20.0 Å². The molecule has 28 heavy (non-hydrogen) atoms. The zero-order chi connectivity index (χ0) is 19.1. The van der Waals surface area contributed by atoms with E-state index in [4.69, 9.17) is 9.26 Å². The summed E-state index contributed by atoms with van der Waals surface area (Å²) in [5.41, 5.74) is 0.821. The van der Waals surface area contributed by atoms with Gasteiger partial charge >= 0.3 is 0 Å². The van der Waals surface area contributed by atoms with Crippen LogP contribution < -0.4 is 4.90 Å². The Morgan fingerprint density at radius 2 is 1.96 bits per heavy atom. The van der Waals surface area contributed by atoms with E-state index in [2.05, 4.69) is 20.0 Å². The molecule has 3 fully saturated rings. The lowest BCUT2D eigenvalue weighted by Crippen LogP contribution is -2.47. The molecule has 2 aliphatic heterocycles. The molecule has 4 heterocycles. The number of carbonyl (C=O) groups is 1. The number of piperidine rings is 1. The van der Waals surface area contributed by atoms with E-state index in [1.165, 1.54) is 0 Å². The minimum atomic E-state index is 0.248. The number of likely N-dealkylation sites (N-methyl/N-ethyl adjacent to an activating group) is 1. The monoisotopic (exact) mass is 383 g/mol. The summed E-state index contributed by atoms with van der Waals surface area (Å²) in [5.74, 6) is 3.01. The van der Waals surface area contributed by atoms with E-state index < -0.39 is 0 Å². The maximum atomic E-state index is 12.2. The van der Waals surface area contributed by atoms with Crippen LogP contribution in [0.2, 0.25) is 0 Å². The normalized spacial score (nSPS) is 20.8. The first-order valence-electron chi connectivity index (χ1n) is 10.1. The van der Waals surface area contributed by atoms with Gasteiger partial charge in [0.15, 0.2) is 5.82 Å². The lowest BCUT2D eigenvalue weighted by Gasteiger charge is -2.35. The third-order valence-corrected chi connectivity index (χ3v) is 6.06. The van der Waals surface area contributed by atoms with Crippen molar-refractivity contribution < 1.29 is 14.1 Å². The summed E-state index contributed by atoms with van der Waals surface area (Å²) in [6.45, 7) is 3.07. The third kappa shape index (κ3) is 3.37. The largest absolute Gasteiger partial charge is 0.377 e. The Balaban J connectivity index is 1.22. The first-order valence-corrected chi connectivity index (χ1v) is 10.1. The highest BCUT2D eigenvalue weighted by atomic mass is 16.5. The van der Waals surface area contributed by atoms with Crippen molar-refractivity contribution >= 4 is 11.7 Å². The smallest absolute Gasteiger partial charge is 0.259 e. The van der Waals surface area contributed by atoms with Gasteiger partial charge in [0.2, 0.25) is 5.91 Å². The van der Waals surface area contributed by atoms with Crippen molar-refractivity contribution in [3.8, 4) is 11.5 Å². The Hall–Kier alpha value is -2.48. The van der Waals surface area contributed by atoms with E-state index in [1.54, 1.807) is 6.20 Å². The molecule has 2 aromatic heterocycles. The minimum Gasteiger partial charge on any atom is -0.377 e. The molecule has 5 rings (SSSR count).